The number of rotatable bonds is 4. The summed E-state index contributed by atoms with van der Waals surface area (Å²) < 4.78 is 12.9. The summed E-state index contributed by atoms with van der Waals surface area (Å²) in [7, 11) is 0. The third kappa shape index (κ3) is 2.93. The van der Waals surface area contributed by atoms with Gasteiger partial charge in [-0.2, -0.15) is 5.48 Å². The van der Waals surface area contributed by atoms with Crippen LogP contribution in [0.25, 0.3) is 5.57 Å². The Labute approximate surface area is 121 Å². The van der Waals surface area contributed by atoms with Gasteiger partial charge >= 0.3 is 0 Å². The van der Waals surface area contributed by atoms with Gasteiger partial charge in [0.05, 0.1) is 6.04 Å². The second kappa shape index (κ2) is 5.79. The quantitative estimate of drug-likeness (QED) is 0.830. The first-order chi connectivity index (χ1) is 9.74. The van der Waals surface area contributed by atoms with Gasteiger partial charge in [0.15, 0.2) is 0 Å². The van der Waals surface area contributed by atoms with Crippen molar-refractivity contribution in [3.8, 4) is 0 Å². The number of hydroxylamine groups is 1. The van der Waals surface area contributed by atoms with Crippen LogP contribution in [0.5, 0.6) is 0 Å². The Hall–Kier alpha value is -1.62. The average Bonchev–Trinajstić information content (AvgIpc) is 2.41. The van der Waals surface area contributed by atoms with E-state index in [0.29, 0.717) is 0 Å². The Kier molecular flexibility index (Phi) is 3.87. The van der Waals surface area contributed by atoms with Crippen molar-refractivity contribution >= 4 is 17.3 Å². The Morgan fingerprint density at radius 3 is 2.55 bits per heavy atom. The standard InChI is InChI=1S/C16H14FNOS/c17-13-4-6-15(7-5-13)20-16-3-1-2-11(10-16)12-8-14(9-12)18-19/h1-8,10,14,18-19H,9H2. The number of benzene rings is 2. The second-order valence-electron chi connectivity index (χ2n) is 4.72. The van der Waals surface area contributed by atoms with Gasteiger partial charge in [-0.1, -0.05) is 30.0 Å². The highest BCUT2D eigenvalue weighted by Gasteiger charge is 2.19. The van der Waals surface area contributed by atoms with E-state index >= 15 is 0 Å². The van der Waals surface area contributed by atoms with Gasteiger partial charge < -0.3 is 5.21 Å². The van der Waals surface area contributed by atoms with E-state index in [1.54, 1.807) is 23.9 Å². The van der Waals surface area contributed by atoms with Gasteiger partial charge in [-0.15, -0.1) is 0 Å². The van der Waals surface area contributed by atoms with E-state index in [0.717, 1.165) is 16.2 Å². The van der Waals surface area contributed by atoms with Crippen LogP contribution in [0.2, 0.25) is 0 Å². The fraction of sp³-hybridized carbons (Fsp3) is 0.125. The molecule has 102 valence electrons. The predicted octanol–water partition coefficient (Wildman–Crippen LogP) is 4.11. The predicted molar refractivity (Wildman–Crippen MR) is 78.3 cm³/mol. The highest BCUT2D eigenvalue weighted by Crippen LogP contribution is 2.33. The molecule has 3 rings (SSSR count). The van der Waals surface area contributed by atoms with Crippen LogP contribution in [0.1, 0.15) is 12.0 Å². The van der Waals surface area contributed by atoms with Crippen LogP contribution in [0.3, 0.4) is 0 Å². The van der Waals surface area contributed by atoms with Crippen molar-refractivity contribution in [2.75, 3.05) is 0 Å². The molecule has 1 aliphatic carbocycles. The number of hydrogen-bond donors (Lipinski definition) is 2. The van der Waals surface area contributed by atoms with Crippen LogP contribution >= 0.6 is 11.8 Å². The zero-order chi connectivity index (χ0) is 13.9. The molecule has 20 heavy (non-hydrogen) atoms. The summed E-state index contributed by atoms with van der Waals surface area (Å²) in [5.74, 6) is -0.217. The van der Waals surface area contributed by atoms with Gasteiger partial charge in [0.2, 0.25) is 0 Å². The lowest BCUT2D eigenvalue weighted by Crippen LogP contribution is -2.29. The smallest absolute Gasteiger partial charge is 0.123 e. The van der Waals surface area contributed by atoms with Crippen LogP contribution < -0.4 is 5.48 Å². The maximum absolute atomic E-state index is 12.9. The monoisotopic (exact) mass is 287 g/mol. The summed E-state index contributed by atoms with van der Waals surface area (Å²) in [6.45, 7) is 0. The summed E-state index contributed by atoms with van der Waals surface area (Å²) in [6.07, 6.45) is 2.85. The molecule has 0 radical (unpaired) electrons. The molecule has 0 saturated heterocycles. The van der Waals surface area contributed by atoms with E-state index in [1.807, 2.05) is 18.2 Å². The molecule has 0 aromatic heterocycles. The minimum atomic E-state index is -0.217. The molecule has 0 spiro atoms. The van der Waals surface area contributed by atoms with Crippen LogP contribution in [0.15, 0.2) is 64.4 Å². The van der Waals surface area contributed by atoms with Crippen molar-refractivity contribution in [1.82, 2.24) is 5.48 Å². The summed E-state index contributed by atoms with van der Waals surface area (Å²) in [5, 5.41) is 8.79. The van der Waals surface area contributed by atoms with Crippen molar-refractivity contribution in [2.45, 2.75) is 22.3 Å². The minimum Gasteiger partial charge on any atom is -0.316 e. The lowest BCUT2D eigenvalue weighted by molar-refractivity contribution is 0.140. The lowest BCUT2D eigenvalue weighted by atomic mass is 9.88. The Bertz CT molecular complexity index is 639. The zero-order valence-electron chi connectivity index (χ0n) is 10.7. The van der Waals surface area contributed by atoms with Crippen molar-refractivity contribution in [1.29, 1.82) is 0 Å². The molecular weight excluding hydrogens is 273 g/mol. The van der Waals surface area contributed by atoms with Crippen molar-refractivity contribution < 1.29 is 9.60 Å². The maximum atomic E-state index is 12.9. The molecule has 1 atom stereocenters. The molecular formula is C16H14FNOS. The zero-order valence-corrected chi connectivity index (χ0v) is 11.5. The summed E-state index contributed by atoms with van der Waals surface area (Å²) >= 11 is 1.61. The first-order valence-electron chi connectivity index (χ1n) is 6.39. The first-order valence-corrected chi connectivity index (χ1v) is 7.20. The third-order valence-corrected chi connectivity index (χ3v) is 4.26. The molecule has 2 N–H and O–H groups in total. The molecule has 2 nitrogen and oxygen atoms in total. The van der Waals surface area contributed by atoms with Crippen LogP contribution in [0.4, 0.5) is 4.39 Å². The fourth-order valence-electron chi connectivity index (χ4n) is 2.14. The van der Waals surface area contributed by atoms with Gasteiger partial charge in [0, 0.05) is 9.79 Å². The van der Waals surface area contributed by atoms with Gasteiger partial charge in [-0.3, -0.25) is 0 Å². The van der Waals surface area contributed by atoms with E-state index in [4.69, 9.17) is 5.21 Å². The molecule has 0 aliphatic heterocycles. The first kappa shape index (κ1) is 13.4. The lowest BCUT2D eigenvalue weighted by Gasteiger charge is -2.24. The molecule has 2 aromatic rings. The maximum Gasteiger partial charge on any atom is 0.123 e. The Morgan fingerprint density at radius 1 is 1.10 bits per heavy atom. The highest BCUT2D eigenvalue weighted by atomic mass is 32.2. The van der Waals surface area contributed by atoms with Crippen molar-refractivity contribution in [2.24, 2.45) is 0 Å². The minimum absolute atomic E-state index is 0.0680. The second-order valence-corrected chi connectivity index (χ2v) is 5.86. The van der Waals surface area contributed by atoms with Crippen LogP contribution in [-0.4, -0.2) is 11.2 Å². The van der Waals surface area contributed by atoms with Gasteiger partial charge in [0.25, 0.3) is 0 Å². The number of halogens is 1. The van der Waals surface area contributed by atoms with E-state index in [2.05, 4.69) is 17.6 Å². The molecule has 0 heterocycles. The topological polar surface area (TPSA) is 32.3 Å². The van der Waals surface area contributed by atoms with Gasteiger partial charge in [0.1, 0.15) is 5.82 Å². The van der Waals surface area contributed by atoms with E-state index in [-0.39, 0.29) is 11.9 Å². The molecule has 2 aromatic carbocycles. The normalized spacial score (nSPS) is 17.5. The van der Waals surface area contributed by atoms with E-state index in [1.165, 1.54) is 23.3 Å². The fourth-order valence-corrected chi connectivity index (χ4v) is 3.02. The summed E-state index contributed by atoms with van der Waals surface area (Å²) in [4.78, 5) is 2.14. The Morgan fingerprint density at radius 2 is 1.85 bits per heavy atom. The molecule has 1 unspecified atom stereocenters. The average molecular weight is 287 g/mol. The van der Waals surface area contributed by atoms with Crippen molar-refractivity contribution in [3.63, 3.8) is 0 Å². The molecule has 0 amide bonds. The SMILES string of the molecule is ONC1C=C(c2cccc(Sc3ccc(F)cc3)c2)C1. The molecule has 0 saturated carbocycles. The number of hydrogen-bond acceptors (Lipinski definition) is 3. The Balaban J connectivity index is 1.76. The summed E-state index contributed by atoms with van der Waals surface area (Å²) in [5.41, 5.74) is 4.65. The molecule has 0 fully saturated rings. The van der Waals surface area contributed by atoms with Crippen LogP contribution in [0, 0.1) is 5.82 Å². The molecule has 1 aliphatic rings. The summed E-state index contributed by atoms with van der Waals surface area (Å²) in [6, 6.07) is 14.8. The van der Waals surface area contributed by atoms with E-state index < -0.39 is 0 Å². The third-order valence-electron chi connectivity index (χ3n) is 3.26. The highest BCUT2D eigenvalue weighted by molar-refractivity contribution is 7.99. The van der Waals surface area contributed by atoms with E-state index in [9.17, 15) is 4.39 Å². The van der Waals surface area contributed by atoms with Gasteiger partial charge in [-0.25, -0.2) is 4.39 Å². The molecule has 4 heteroatoms. The van der Waals surface area contributed by atoms with Gasteiger partial charge in [-0.05, 0) is 54.0 Å². The van der Waals surface area contributed by atoms with Crippen LogP contribution in [-0.2, 0) is 0 Å². The number of nitrogens with one attached hydrogen (secondary N) is 1. The largest absolute Gasteiger partial charge is 0.316 e. The molecule has 0 bridgehead atoms. The van der Waals surface area contributed by atoms with Crippen molar-refractivity contribution in [3.05, 3.63) is 66.0 Å².